The Balaban J connectivity index is 1.80. The number of primary amides is 1. The molecule has 1 heterocycles. The van der Waals surface area contributed by atoms with E-state index >= 15 is 0 Å². The number of sulfonamides is 1. The number of carbonyl (C=O) groups is 2. The number of hydrogen-bond donors (Lipinski definition) is 2. The fourth-order valence-corrected chi connectivity index (χ4v) is 4.64. The summed E-state index contributed by atoms with van der Waals surface area (Å²) in [6.07, 6.45) is 0.437. The third-order valence-electron chi connectivity index (χ3n) is 5.23. The fraction of sp³-hybridized carbons (Fsp3) is 0.333. The highest BCUT2D eigenvalue weighted by Gasteiger charge is 2.31. The van der Waals surface area contributed by atoms with Gasteiger partial charge in [0.15, 0.2) is 0 Å². The molecule has 2 aromatic carbocycles. The number of rotatable bonds is 7. The first-order valence-corrected chi connectivity index (χ1v) is 11.1. The van der Waals surface area contributed by atoms with Crippen LogP contribution in [-0.2, 0) is 32.6 Å². The second-order valence-corrected chi connectivity index (χ2v) is 9.62. The van der Waals surface area contributed by atoms with Crippen molar-refractivity contribution in [1.82, 2.24) is 9.21 Å². The van der Waals surface area contributed by atoms with Crippen LogP contribution < -0.4 is 15.8 Å². The van der Waals surface area contributed by atoms with E-state index in [1.807, 2.05) is 24.3 Å². The number of amides is 2. The number of nitrogens with two attached hydrogens (primary N) is 1. The average Bonchev–Trinajstić information content (AvgIpc) is 2.72. The maximum Gasteiger partial charge on any atom is 0.246 e. The van der Waals surface area contributed by atoms with Gasteiger partial charge >= 0.3 is 0 Å². The molecule has 1 aliphatic rings. The van der Waals surface area contributed by atoms with Crippen LogP contribution in [-0.4, -0.2) is 63.2 Å². The fourth-order valence-electron chi connectivity index (χ4n) is 3.56. The molecule has 166 valence electrons. The van der Waals surface area contributed by atoms with Gasteiger partial charge in [-0.1, -0.05) is 24.3 Å². The van der Waals surface area contributed by atoms with Crippen LogP contribution in [0.3, 0.4) is 0 Å². The van der Waals surface area contributed by atoms with Gasteiger partial charge in [-0.05, 0) is 35.7 Å². The molecule has 0 spiro atoms. The minimum absolute atomic E-state index is 0.0558. The summed E-state index contributed by atoms with van der Waals surface area (Å²) in [5.74, 6) is -0.705. The average molecular weight is 447 g/mol. The topological polar surface area (TPSA) is 122 Å². The molecule has 0 bridgehead atoms. The molecular weight excluding hydrogens is 420 g/mol. The van der Waals surface area contributed by atoms with E-state index in [1.165, 1.54) is 33.3 Å². The Bertz CT molecular complexity index is 1100. The molecule has 0 saturated heterocycles. The Morgan fingerprint density at radius 2 is 1.87 bits per heavy atom. The van der Waals surface area contributed by atoms with Gasteiger partial charge in [0, 0.05) is 26.3 Å². The highest BCUT2D eigenvalue weighted by Crippen LogP contribution is 2.29. The van der Waals surface area contributed by atoms with Crippen molar-refractivity contribution < 1.29 is 22.7 Å². The summed E-state index contributed by atoms with van der Waals surface area (Å²) in [4.78, 5) is 26.3. The predicted octanol–water partition coefficient (Wildman–Crippen LogP) is 0.796. The van der Waals surface area contributed by atoms with E-state index in [0.29, 0.717) is 18.7 Å². The number of nitrogens with one attached hydrogen (secondary N) is 1. The molecule has 10 heteroatoms. The second kappa shape index (κ2) is 9.04. The normalized spacial score (nSPS) is 16.6. The Morgan fingerprint density at radius 1 is 1.19 bits per heavy atom. The Morgan fingerprint density at radius 3 is 2.48 bits per heavy atom. The summed E-state index contributed by atoms with van der Waals surface area (Å²) in [7, 11) is 0.432. The number of ether oxygens (including phenoxy) is 1. The van der Waals surface area contributed by atoms with Crippen molar-refractivity contribution in [2.75, 3.05) is 33.1 Å². The maximum atomic E-state index is 12.7. The zero-order valence-electron chi connectivity index (χ0n) is 17.7. The molecule has 0 aromatic heterocycles. The SMILES string of the molecule is COc1ccc(NC(=O)CN2Cc3ccccc3CC2C(N)=O)cc1S(=O)(=O)N(C)C. The lowest BCUT2D eigenvalue weighted by molar-refractivity contribution is -0.125. The molecule has 0 aliphatic carbocycles. The van der Waals surface area contributed by atoms with E-state index in [-0.39, 0.29) is 23.1 Å². The minimum atomic E-state index is -3.77. The monoisotopic (exact) mass is 446 g/mol. The number of hydrogen-bond acceptors (Lipinski definition) is 6. The summed E-state index contributed by atoms with van der Waals surface area (Å²) < 4.78 is 31.4. The van der Waals surface area contributed by atoms with Gasteiger partial charge in [0.1, 0.15) is 10.6 Å². The Kier molecular flexibility index (Phi) is 6.63. The third-order valence-corrected chi connectivity index (χ3v) is 7.06. The van der Waals surface area contributed by atoms with Gasteiger partial charge in [-0.25, -0.2) is 12.7 Å². The largest absolute Gasteiger partial charge is 0.495 e. The summed E-state index contributed by atoms with van der Waals surface area (Å²) >= 11 is 0. The molecule has 1 unspecified atom stereocenters. The smallest absolute Gasteiger partial charge is 0.246 e. The number of nitrogens with zero attached hydrogens (tertiary/aromatic N) is 2. The molecule has 1 aliphatic heterocycles. The van der Waals surface area contributed by atoms with Crippen molar-refractivity contribution in [1.29, 1.82) is 0 Å². The molecule has 2 aromatic rings. The first-order valence-electron chi connectivity index (χ1n) is 9.64. The minimum Gasteiger partial charge on any atom is -0.495 e. The Hall–Kier alpha value is -2.95. The zero-order valence-corrected chi connectivity index (χ0v) is 18.5. The van der Waals surface area contributed by atoms with Crippen LogP contribution in [0.5, 0.6) is 5.75 Å². The van der Waals surface area contributed by atoms with E-state index in [2.05, 4.69) is 5.32 Å². The van der Waals surface area contributed by atoms with E-state index in [1.54, 1.807) is 11.0 Å². The number of fused-ring (bicyclic) bond motifs is 1. The van der Waals surface area contributed by atoms with Crippen molar-refractivity contribution in [2.24, 2.45) is 5.73 Å². The standard InChI is InChI=1S/C21H26N4O5S/c1-24(2)31(28,29)19-11-16(8-9-18(19)30-3)23-20(26)13-25-12-15-7-5-4-6-14(15)10-17(25)21(22)27/h4-9,11,17H,10,12-13H2,1-3H3,(H2,22,27)(H,23,26). The highest BCUT2D eigenvalue weighted by atomic mass is 32.2. The van der Waals surface area contributed by atoms with Gasteiger partial charge in [-0.2, -0.15) is 0 Å². The van der Waals surface area contributed by atoms with Gasteiger partial charge in [0.25, 0.3) is 0 Å². The van der Waals surface area contributed by atoms with Gasteiger partial charge in [-0.15, -0.1) is 0 Å². The molecule has 2 amide bonds. The first kappa shape index (κ1) is 22.7. The van der Waals surface area contributed by atoms with Gasteiger partial charge in [0.2, 0.25) is 21.8 Å². The van der Waals surface area contributed by atoms with Crippen molar-refractivity contribution in [3.63, 3.8) is 0 Å². The van der Waals surface area contributed by atoms with Crippen LogP contribution in [0.2, 0.25) is 0 Å². The highest BCUT2D eigenvalue weighted by molar-refractivity contribution is 7.89. The van der Waals surface area contributed by atoms with Crippen molar-refractivity contribution in [3.05, 3.63) is 53.6 Å². The second-order valence-electron chi connectivity index (χ2n) is 7.50. The van der Waals surface area contributed by atoms with Crippen LogP contribution >= 0.6 is 0 Å². The molecule has 1 atom stereocenters. The number of anilines is 1. The van der Waals surface area contributed by atoms with Crippen LogP contribution in [0.4, 0.5) is 5.69 Å². The van der Waals surface area contributed by atoms with Gasteiger partial charge in [0.05, 0.1) is 19.7 Å². The van der Waals surface area contributed by atoms with Gasteiger partial charge < -0.3 is 15.8 Å². The molecule has 3 rings (SSSR count). The van der Waals surface area contributed by atoms with Crippen molar-refractivity contribution >= 4 is 27.5 Å². The Labute approximate surface area is 181 Å². The van der Waals surface area contributed by atoms with Crippen molar-refractivity contribution in [2.45, 2.75) is 23.9 Å². The lowest BCUT2D eigenvalue weighted by Gasteiger charge is -2.34. The molecule has 3 N–H and O–H groups in total. The van der Waals surface area contributed by atoms with E-state index in [0.717, 1.165) is 15.4 Å². The third kappa shape index (κ3) is 4.87. The van der Waals surface area contributed by atoms with Gasteiger partial charge in [-0.3, -0.25) is 14.5 Å². The lowest BCUT2D eigenvalue weighted by atomic mass is 9.93. The molecule has 0 radical (unpaired) electrons. The predicted molar refractivity (Wildman–Crippen MR) is 116 cm³/mol. The molecule has 0 fully saturated rings. The molecule has 9 nitrogen and oxygen atoms in total. The zero-order chi connectivity index (χ0) is 22.8. The number of benzene rings is 2. The van der Waals surface area contributed by atoms with Crippen molar-refractivity contribution in [3.8, 4) is 5.75 Å². The first-order chi connectivity index (χ1) is 14.6. The number of carbonyl (C=O) groups excluding carboxylic acids is 2. The van der Waals surface area contributed by atoms with Crippen LogP contribution in [0, 0.1) is 0 Å². The van der Waals surface area contributed by atoms with Crippen LogP contribution in [0.15, 0.2) is 47.4 Å². The quantitative estimate of drug-likeness (QED) is 0.649. The van der Waals surface area contributed by atoms with E-state index < -0.39 is 22.0 Å². The van der Waals surface area contributed by atoms with E-state index in [9.17, 15) is 18.0 Å². The summed E-state index contributed by atoms with van der Waals surface area (Å²) in [5.41, 5.74) is 7.96. The summed E-state index contributed by atoms with van der Waals surface area (Å²) in [6, 6.07) is 11.5. The lowest BCUT2D eigenvalue weighted by Crippen LogP contribution is -2.50. The van der Waals surface area contributed by atoms with Crippen LogP contribution in [0.25, 0.3) is 0 Å². The maximum absolute atomic E-state index is 12.7. The molecule has 0 saturated carbocycles. The molecule has 31 heavy (non-hydrogen) atoms. The summed E-state index contributed by atoms with van der Waals surface area (Å²) in [5, 5.41) is 2.70. The van der Waals surface area contributed by atoms with E-state index in [4.69, 9.17) is 10.5 Å². The molecular formula is C21H26N4O5S. The number of methoxy groups -OCH3 is 1. The van der Waals surface area contributed by atoms with Crippen LogP contribution in [0.1, 0.15) is 11.1 Å². The summed E-state index contributed by atoms with van der Waals surface area (Å²) in [6.45, 7) is 0.351.